The first kappa shape index (κ1) is 25.2. The Labute approximate surface area is 198 Å². The molecule has 0 aliphatic carbocycles. The minimum Gasteiger partial charge on any atom is -0.399 e. The van der Waals surface area contributed by atoms with Gasteiger partial charge in [-0.3, -0.25) is 9.78 Å². The maximum Gasteiger partial charge on any atom is 0.252 e. The zero-order chi connectivity index (χ0) is 24.0. The van der Waals surface area contributed by atoms with Crippen molar-refractivity contribution in [2.24, 2.45) is 0 Å². The molecule has 0 bridgehead atoms. The van der Waals surface area contributed by atoms with Crippen LogP contribution in [0.15, 0.2) is 54.9 Å². The zero-order valence-electron chi connectivity index (χ0n) is 19.0. The summed E-state index contributed by atoms with van der Waals surface area (Å²) in [6.07, 6.45) is 3.36. The largest absolute Gasteiger partial charge is 0.399 e. The van der Waals surface area contributed by atoms with E-state index in [1.807, 2.05) is 36.4 Å². The number of H-pyrrole nitrogens is 1. The van der Waals surface area contributed by atoms with Gasteiger partial charge in [-0.25, -0.2) is 0 Å². The lowest BCUT2D eigenvalue weighted by molar-refractivity contribution is 0.00825. The predicted molar refractivity (Wildman–Crippen MR) is 130 cm³/mol. The van der Waals surface area contributed by atoms with E-state index in [9.17, 15) is 4.79 Å². The molecule has 0 saturated carbocycles. The van der Waals surface area contributed by atoms with Crippen molar-refractivity contribution in [2.45, 2.75) is 0 Å². The summed E-state index contributed by atoms with van der Waals surface area (Å²) in [5.41, 5.74) is 10.2. The fourth-order valence-electron chi connectivity index (χ4n) is 3.01. The highest BCUT2D eigenvalue weighted by atomic mass is 16.5. The minimum atomic E-state index is -0.195. The molecule has 2 heterocycles. The molecule has 2 aromatic heterocycles. The second kappa shape index (κ2) is 14.0. The van der Waals surface area contributed by atoms with Crippen molar-refractivity contribution in [1.82, 2.24) is 15.3 Å². The highest BCUT2D eigenvalue weighted by Gasteiger charge is 2.10. The number of nitrogens with zero attached hydrogens (tertiary/aromatic N) is 1. The summed E-state index contributed by atoms with van der Waals surface area (Å²) in [7, 11) is 0. The first-order valence-electron chi connectivity index (χ1n) is 11.1. The van der Waals surface area contributed by atoms with Gasteiger partial charge in [0.15, 0.2) is 0 Å². The van der Waals surface area contributed by atoms with Gasteiger partial charge in [0.25, 0.3) is 5.91 Å². The number of hydrogen-bond donors (Lipinski definition) is 5. The number of ether oxygens (including phenoxy) is 3. The van der Waals surface area contributed by atoms with E-state index in [0.29, 0.717) is 63.1 Å². The van der Waals surface area contributed by atoms with Crippen LogP contribution in [0.1, 0.15) is 10.4 Å². The van der Waals surface area contributed by atoms with Crippen LogP contribution in [-0.2, 0) is 14.2 Å². The first-order valence-corrected chi connectivity index (χ1v) is 11.1. The third kappa shape index (κ3) is 8.49. The average Bonchev–Trinajstić information content (AvgIpc) is 3.35. The number of aromatic nitrogens is 2. The SMILES string of the molecule is Nc1ccc(Nc2ccnc(-c3cc(C(=O)NCCOCCOCCOCCO)c[nH]3)c2)cc1. The van der Waals surface area contributed by atoms with Crippen LogP contribution in [-0.4, -0.2) is 73.8 Å². The van der Waals surface area contributed by atoms with E-state index in [1.165, 1.54) is 0 Å². The molecule has 0 radical (unpaired) electrons. The Hall–Kier alpha value is -3.44. The molecule has 1 amide bonds. The van der Waals surface area contributed by atoms with Crippen molar-refractivity contribution in [3.8, 4) is 11.4 Å². The fourth-order valence-corrected chi connectivity index (χ4v) is 3.01. The molecule has 1 aromatic carbocycles. The van der Waals surface area contributed by atoms with Gasteiger partial charge in [-0.2, -0.15) is 0 Å². The van der Waals surface area contributed by atoms with Gasteiger partial charge >= 0.3 is 0 Å². The van der Waals surface area contributed by atoms with Crippen LogP contribution in [0, 0.1) is 0 Å². The molecular formula is C24H31N5O5. The summed E-state index contributed by atoms with van der Waals surface area (Å²) in [6.45, 7) is 2.84. The number of rotatable bonds is 15. The number of pyridine rings is 1. The number of benzene rings is 1. The molecule has 0 saturated heterocycles. The Bertz CT molecular complexity index is 1010. The van der Waals surface area contributed by atoms with E-state index in [2.05, 4.69) is 20.6 Å². The predicted octanol–water partition coefficient (Wildman–Crippen LogP) is 2.17. The lowest BCUT2D eigenvalue weighted by Crippen LogP contribution is -2.27. The van der Waals surface area contributed by atoms with Crippen LogP contribution in [0.3, 0.4) is 0 Å². The number of amides is 1. The summed E-state index contributed by atoms with van der Waals surface area (Å²) >= 11 is 0. The normalized spacial score (nSPS) is 10.9. The average molecular weight is 470 g/mol. The van der Waals surface area contributed by atoms with Gasteiger partial charge in [0.2, 0.25) is 0 Å². The van der Waals surface area contributed by atoms with Crippen molar-refractivity contribution in [1.29, 1.82) is 0 Å². The van der Waals surface area contributed by atoms with Crippen LogP contribution >= 0.6 is 0 Å². The fraction of sp³-hybridized carbons (Fsp3) is 0.333. The minimum absolute atomic E-state index is 0.00572. The van der Waals surface area contributed by atoms with Crippen LogP contribution < -0.4 is 16.4 Å². The van der Waals surface area contributed by atoms with Crippen LogP contribution in [0.2, 0.25) is 0 Å². The first-order chi connectivity index (χ1) is 16.7. The van der Waals surface area contributed by atoms with E-state index in [4.69, 9.17) is 25.1 Å². The van der Waals surface area contributed by atoms with E-state index >= 15 is 0 Å². The maximum absolute atomic E-state index is 12.4. The molecule has 182 valence electrons. The smallest absolute Gasteiger partial charge is 0.252 e. The number of nitrogens with one attached hydrogen (secondary N) is 3. The Balaban J connectivity index is 1.38. The molecule has 3 rings (SSSR count). The van der Waals surface area contributed by atoms with Gasteiger partial charge < -0.3 is 40.7 Å². The number of carbonyl (C=O) groups excluding carboxylic acids is 1. The number of aliphatic hydroxyl groups is 1. The molecule has 0 aliphatic rings. The van der Waals surface area contributed by atoms with Gasteiger partial charge in [0.05, 0.1) is 63.2 Å². The number of anilines is 3. The lowest BCUT2D eigenvalue weighted by Gasteiger charge is -2.08. The van der Waals surface area contributed by atoms with Crippen molar-refractivity contribution in [3.05, 3.63) is 60.4 Å². The number of nitrogen functional groups attached to an aromatic ring is 1. The van der Waals surface area contributed by atoms with Gasteiger partial charge in [-0.15, -0.1) is 0 Å². The molecule has 10 heteroatoms. The molecular weight excluding hydrogens is 438 g/mol. The summed E-state index contributed by atoms with van der Waals surface area (Å²) in [6, 6.07) is 13.0. The number of hydrogen-bond acceptors (Lipinski definition) is 8. The van der Waals surface area contributed by atoms with Crippen LogP contribution in [0.4, 0.5) is 17.1 Å². The second-order valence-electron chi connectivity index (χ2n) is 7.30. The van der Waals surface area contributed by atoms with E-state index in [0.717, 1.165) is 17.1 Å². The zero-order valence-corrected chi connectivity index (χ0v) is 19.0. The number of nitrogens with two attached hydrogens (primary N) is 1. The van der Waals surface area contributed by atoms with Crippen molar-refractivity contribution < 1.29 is 24.1 Å². The van der Waals surface area contributed by atoms with E-state index in [1.54, 1.807) is 18.5 Å². The molecule has 0 spiro atoms. The van der Waals surface area contributed by atoms with Gasteiger partial charge in [0.1, 0.15) is 0 Å². The third-order valence-corrected chi connectivity index (χ3v) is 4.69. The van der Waals surface area contributed by atoms with E-state index < -0.39 is 0 Å². The third-order valence-electron chi connectivity index (χ3n) is 4.69. The molecule has 0 atom stereocenters. The highest BCUT2D eigenvalue weighted by Crippen LogP contribution is 2.23. The molecule has 0 fully saturated rings. The van der Waals surface area contributed by atoms with Crippen molar-refractivity contribution in [3.63, 3.8) is 0 Å². The Morgan fingerprint density at radius 3 is 2.38 bits per heavy atom. The summed E-state index contributed by atoms with van der Waals surface area (Å²) in [5, 5.41) is 14.7. The maximum atomic E-state index is 12.4. The van der Waals surface area contributed by atoms with Crippen LogP contribution in [0.5, 0.6) is 0 Å². The van der Waals surface area contributed by atoms with Crippen molar-refractivity contribution in [2.75, 3.05) is 63.8 Å². The number of aliphatic hydroxyl groups excluding tert-OH is 1. The quantitative estimate of drug-likeness (QED) is 0.168. The highest BCUT2D eigenvalue weighted by molar-refractivity contribution is 5.95. The summed E-state index contributed by atoms with van der Waals surface area (Å²) in [5.74, 6) is -0.195. The lowest BCUT2D eigenvalue weighted by atomic mass is 10.2. The standard InChI is InChI=1S/C24H31N5O5/c25-19-1-3-20(4-2-19)29-21-5-6-26-23(16-21)22-15-18(17-28-22)24(31)27-7-9-32-11-13-34-14-12-33-10-8-30/h1-6,15-17,28,30H,7-14,25H2,(H,26,29)(H,27,31). The molecule has 34 heavy (non-hydrogen) atoms. The van der Waals surface area contributed by atoms with Gasteiger partial charge in [-0.1, -0.05) is 0 Å². The second-order valence-corrected chi connectivity index (χ2v) is 7.30. The van der Waals surface area contributed by atoms with E-state index in [-0.39, 0.29) is 12.5 Å². The molecule has 10 nitrogen and oxygen atoms in total. The van der Waals surface area contributed by atoms with Crippen molar-refractivity contribution >= 4 is 23.0 Å². The Kier molecular flexibility index (Phi) is 10.3. The van der Waals surface area contributed by atoms with Crippen LogP contribution in [0.25, 0.3) is 11.4 Å². The number of aromatic amines is 1. The molecule has 6 N–H and O–H groups in total. The topological polar surface area (TPSA) is 144 Å². The monoisotopic (exact) mass is 469 g/mol. The summed E-state index contributed by atoms with van der Waals surface area (Å²) < 4.78 is 15.9. The number of carbonyl (C=O) groups is 1. The van der Waals surface area contributed by atoms with Gasteiger partial charge in [0, 0.05) is 36.0 Å². The molecule has 3 aromatic rings. The van der Waals surface area contributed by atoms with Gasteiger partial charge in [-0.05, 0) is 42.5 Å². The summed E-state index contributed by atoms with van der Waals surface area (Å²) in [4.78, 5) is 19.9. The Morgan fingerprint density at radius 2 is 1.65 bits per heavy atom. The Morgan fingerprint density at radius 1 is 0.941 bits per heavy atom. The molecule has 0 unspecified atom stereocenters. The molecule has 0 aliphatic heterocycles.